The second-order valence-electron chi connectivity index (χ2n) is 8.40. The van der Waals surface area contributed by atoms with E-state index in [4.69, 9.17) is 0 Å². The van der Waals surface area contributed by atoms with Crippen LogP contribution in [0.5, 0.6) is 0 Å². The Morgan fingerprint density at radius 3 is 2.46 bits per heavy atom. The van der Waals surface area contributed by atoms with Crippen LogP contribution in [-0.4, -0.2) is 39.9 Å². The summed E-state index contributed by atoms with van der Waals surface area (Å²) in [5.74, 6) is -1.79. The summed E-state index contributed by atoms with van der Waals surface area (Å²) < 4.78 is 17.1. The first-order chi connectivity index (χ1) is 13.2. The molecule has 2 unspecified atom stereocenters. The lowest BCUT2D eigenvalue weighted by molar-refractivity contribution is 0.0527. The van der Waals surface area contributed by atoms with Crippen molar-refractivity contribution in [1.82, 2.24) is 4.57 Å². The molecule has 28 heavy (non-hydrogen) atoms. The molecule has 1 aromatic heterocycles. The normalized spacial score (nSPS) is 27.2. The van der Waals surface area contributed by atoms with Gasteiger partial charge < -0.3 is 19.7 Å². The molecule has 0 saturated carbocycles. The molecule has 0 bridgehead atoms. The van der Waals surface area contributed by atoms with Crippen LogP contribution in [0.1, 0.15) is 49.2 Å². The molecule has 1 saturated heterocycles. The molecule has 2 N–H and O–H groups in total. The zero-order chi connectivity index (χ0) is 20.3. The van der Waals surface area contributed by atoms with Crippen molar-refractivity contribution in [1.29, 1.82) is 0 Å². The smallest absolute Gasteiger partial charge is 0.341 e. The summed E-state index contributed by atoms with van der Waals surface area (Å²) in [5, 5.41) is 19.8. The first-order valence-electron chi connectivity index (χ1n) is 9.77. The molecule has 0 amide bonds. The lowest BCUT2D eigenvalue weighted by Gasteiger charge is -2.42. The molecule has 6 nitrogen and oxygen atoms in total. The fraction of sp³-hybridized carbons (Fsp3) is 0.524. The number of aromatic carboxylic acids is 1. The number of carboxylic acids is 1. The Hall–Kier alpha value is -2.41. The standard InChI is InChI=1S/C21H25FN2O4/c1-10-7-23(8-11(2)19(10)25)18-13-5-4-12(3)24-9-15(21(27)28)20(26)14(17(13)24)6-16(18)22/h6,9-12,19,25H,4-5,7-8H2,1-3H3,(H,27,28)/t10-,11+,12?,19?. The predicted octanol–water partition coefficient (Wildman–Crippen LogP) is 2.80. The van der Waals surface area contributed by atoms with Crippen molar-refractivity contribution >= 4 is 22.6 Å². The number of aryl methyl sites for hydroxylation is 1. The van der Waals surface area contributed by atoms with Crippen LogP contribution in [0.15, 0.2) is 17.1 Å². The number of hydrogen-bond donors (Lipinski definition) is 2. The van der Waals surface area contributed by atoms with Gasteiger partial charge in [-0.3, -0.25) is 4.79 Å². The highest BCUT2D eigenvalue weighted by Gasteiger charge is 2.34. The number of pyridine rings is 1. The zero-order valence-electron chi connectivity index (χ0n) is 16.3. The number of rotatable bonds is 2. The van der Waals surface area contributed by atoms with Crippen molar-refractivity contribution < 1.29 is 19.4 Å². The number of aromatic nitrogens is 1. The molecule has 7 heteroatoms. The summed E-state index contributed by atoms with van der Waals surface area (Å²) in [5.41, 5.74) is 0.911. The van der Waals surface area contributed by atoms with Crippen LogP contribution >= 0.6 is 0 Å². The van der Waals surface area contributed by atoms with Crippen LogP contribution < -0.4 is 10.3 Å². The Kier molecular flexibility index (Phi) is 4.45. The third-order valence-electron chi connectivity index (χ3n) is 6.36. The van der Waals surface area contributed by atoms with Gasteiger partial charge in [0.2, 0.25) is 5.43 Å². The van der Waals surface area contributed by atoms with Crippen LogP contribution in [0.4, 0.5) is 10.1 Å². The average molecular weight is 388 g/mol. The molecule has 3 heterocycles. The van der Waals surface area contributed by atoms with Gasteiger partial charge >= 0.3 is 5.97 Å². The van der Waals surface area contributed by atoms with Gasteiger partial charge in [0, 0.05) is 36.3 Å². The van der Waals surface area contributed by atoms with Crippen LogP contribution in [0.25, 0.3) is 10.9 Å². The minimum atomic E-state index is -1.30. The number of aliphatic hydroxyl groups is 1. The van der Waals surface area contributed by atoms with Gasteiger partial charge in [-0.05, 0) is 37.7 Å². The molecule has 0 radical (unpaired) electrons. The van der Waals surface area contributed by atoms with Crippen molar-refractivity contribution in [2.75, 3.05) is 18.0 Å². The predicted molar refractivity (Wildman–Crippen MR) is 105 cm³/mol. The van der Waals surface area contributed by atoms with E-state index in [0.717, 1.165) is 12.0 Å². The average Bonchev–Trinajstić information content (AvgIpc) is 2.63. The van der Waals surface area contributed by atoms with E-state index in [-0.39, 0.29) is 28.8 Å². The minimum absolute atomic E-state index is 0.00476. The van der Waals surface area contributed by atoms with Gasteiger partial charge in [-0.1, -0.05) is 13.8 Å². The van der Waals surface area contributed by atoms with Crippen LogP contribution in [0, 0.1) is 17.7 Å². The second kappa shape index (κ2) is 6.58. The fourth-order valence-electron chi connectivity index (χ4n) is 4.86. The molecular formula is C21H25FN2O4. The summed E-state index contributed by atoms with van der Waals surface area (Å²) in [4.78, 5) is 26.2. The maximum Gasteiger partial charge on any atom is 0.341 e. The Labute approximate surface area is 162 Å². The van der Waals surface area contributed by atoms with Crippen molar-refractivity contribution in [3.8, 4) is 0 Å². The fourth-order valence-corrected chi connectivity index (χ4v) is 4.86. The highest BCUT2D eigenvalue weighted by atomic mass is 19.1. The van der Waals surface area contributed by atoms with Gasteiger partial charge in [0.25, 0.3) is 0 Å². The third-order valence-corrected chi connectivity index (χ3v) is 6.36. The summed E-state index contributed by atoms with van der Waals surface area (Å²) in [6.45, 7) is 6.95. The molecule has 2 aliphatic heterocycles. The van der Waals surface area contributed by atoms with Crippen molar-refractivity contribution in [2.45, 2.75) is 45.8 Å². The van der Waals surface area contributed by atoms with E-state index in [2.05, 4.69) is 0 Å². The number of anilines is 1. The lowest BCUT2D eigenvalue weighted by Crippen LogP contribution is -2.48. The molecule has 1 aromatic carbocycles. The molecule has 0 aliphatic carbocycles. The maximum absolute atomic E-state index is 15.3. The van der Waals surface area contributed by atoms with Crippen LogP contribution in [-0.2, 0) is 6.42 Å². The van der Waals surface area contributed by atoms with Crippen molar-refractivity contribution in [3.05, 3.63) is 39.4 Å². The number of nitrogens with zero attached hydrogens (tertiary/aromatic N) is 2. The Morgan fingerprint density at radius 2 is 1.86 bits per heavy atom. The van der Waals surface area contributed by atoms with Gasteiger partial charge in [0.15, 0.2) is 0 Å². The summed E-state index contributed by atoms with van der Waals surface area (Å²) in [6, 6.07) is 1.21. The van der Waals surface area contributed by atoms with E-state index >= 15 is 4.39 Å². The van der Waals surface area contributed by atoms with Crippen LogP contribution in [0.2, 0.25) is 0 Å². The van der Waals surface area contributed by atoms with Gasteiger partial charge in [0.05, 0.1) is 17.3 Å². The number of benzene rings is 1. The van der Waals surface area contributed by atoms with E-state index in [1.54, 1.807) is 0 Å². The number of piperidine rings is 1. The number of halogens is 1. The van der Waals surface area contributed by atoms with E-state index in [1.807, 2.05) is 30.2 Å². The highest BCUT2D eigenvalue weighted by Crippen LogP contribution is 2.39. The van der Waals surface area contributed by atoms with Gasteiger partial charge in [-0.25, -0.2) is 9.18 Å². The molecule has 2 aromatic rings. The molecular weight excluding hydrogens is 363 g/mol. The first kappa shape index (κ1) is 18.9. The summed E-state index contributed by atoms with van der Waals surface area (Å²) in [6.07, 6.45) is 2.33. The highest BCUT2D eigenvalue weighted by molar-refractivity contribution is 5.95. The Balaban J connectivity index is 1.99. The lowest BCUT2D eigenvalue weighted by atomic mass is 9.86. The maximum atomic E-state index is 15.3. The quantitative estimate of drug-likeness (QED) is 0.827. The molecule has 4 atom stereocenters. The van der Waals surface area contributed by atoms with E-state index in [1.165, 1.54) is 12.3 Å². The van der Waals surface area contributed by atoms with E-state index < -0.39 is 23.3 Å². The monoisotopic (exact) mass is 388 g/mol. The molecule has 4 rings (SSSR count). The van der Waals surface area contributed by atoms with Crippen LogP contribution in [0.3, 0.4) is 0 Å². The Morgan fingerprint density at radius 1 is 1.21 bits per heavy atom. The summed E-state index contributed by atoms with van der Waals surface area (Å²) >= 11 is 0. The number of hydrogen-bond acceptors (Lipinski definition) is 4. The van der Waals surface area contributed by atoms with Gasteiger partial charge in [0.1, 0.15) is 11.4 Å². The van der Waals surface area contributed by atoms with Gasteiger partial charge in [-0.2, -0.15) is 0 Å². The largest absolute Gasteiger partial charge is 0.477 e. The van der Waals surface area contributed by atoms with E-state index in [0.29, 0.717) is 30.7 Å². The minimum Gasteiger partial charge on any atom is -0.477 e. The van der Waals surface area contributed by atoms with Crippen molar-refractivity contribution in [2.24, 2.45) is 11.8 Å². The second-order valence-corrected chi connectivity index (χ2v) is 8.40. The zero-order valence-corrected chi connectivity index (χ0v) is 16.3. The first-order valence-corrected chi connectivity index (χ1v) is 9.77. The molecule has 150 valence electrons. The third kappa shape index (κ3) is 2.71. The summed E-state index contributed by atoms with van der Waals surface area (Å²) in [7, 11) is 0. The van der Waals surface area contributed by atoms with Gasteiger partial charge in [-0.15, -0.1) is 0 Å². The van der Waals surface area contributed by atoms with Crippen molar-refractivity contribution in [3.63, 3.8) is 0 Å². The molecule has 1 fully saturated rings. The topological polar surface area (TPSA) is 82.8 Å². The molecule has 2 aliphatic rings. The Bertz CT molecular complexity index is 1020. The molecule has 0 spiro atoms. The number of carboxylic acid groups (broad SMARTS) is 1. The number of aliphatic hydroxyl groups excluding tert-OH is 1. The SMILES string of the molecule is CC1CCc2c(N3C[C@@H](C)C(O)[C@@H](C)C3)c(F)cc3c(=O)c(C(=O)O)cn1c23. The van der Waals surface area contributed by atoms with E-state index in [9.17, 15) is 19.8 Å². The number of carbonyl (C=O) groups is 1.